The summed E-state index contributed by atoms with van der Waals surface area (Å²) in [5.74, 6) is 1.28. The first-order chi connectivity index (χ1) is 14.6. The van der Waals surface area contributed by atoms with Crippen LogP contribution < -0.4 is 5.56 Å². The normalized spacial score (nSPS) is 22.7. The summed E-state index contributed by atoms with van der Waals surface area (Å²) in [7, 11) is 0. The highest BCUT2D eigenvalue weighted by molar-refractivity contribution is 5.73. The minimum absolute atomic E-state index is 0.0975. The molecule has 0 amide bonds. The number of nitrogens with one attached hydrogen (secondary N) is 1. The van der Waals surface area contributed by atoms with Crippen LogP contribution in [0.5, 0.6) is 0 Å². The Morgan fingerprint density at radius 1 is 1.23 bits per heavy atom. The van der Waals surface area contributed by atoms with Crippen LogP contribution in [0.15, 0.2) is 35.3 Å². The van der Waals surface area contributed by atoms with Gasteiger partial charge >= 0.3 is 0 Å². The minimum Gasteiger partial charge on any atom is -0.310 e. The van der Waals surface area contributed by atoms with Crippen molar-refractivity contribution in [1.82, 2.24) is 24.6 Å². The fraction of sp³-hybridized carbons (Fsp3) is 0.478. The summed E-state index contributed by atoms with van der Waals surface area (Å²) >= 11 is 0. The van der Waals surface area contributed by atoms with Gasteiger partial charge in [0, 0.05) is 25.6 Å². The lowest BCUT2D eigenvalue weighted by Crippen LogP contribution is -2.22. The Bertz CT molecular complexity index is 1170. The highest BCUT2D eigenvalue weighted by atomic mass is 16.1. The fourth-order valence-corrected chi connectivity index (χ4v) is 5.11. The number of hydrogen-bond donors (Lipinski definition) is 1. The van der Waals surface area contributed by atoms with Crippen LogP contribution in [0.1, 0.15) is 61.5 Å². The number of likely N-dealkylation sites (tertiary alicyclic amines) is 1. The third kappa shape index (κ3) is 3.31. The number of aromatic nitrogens is 4. The highest BCUT2D eigenvalue weighted by Crippen LogP contribution is 2.33. The standard InChI is InChI=1S/C23H26N6O/c1-15-12-28(13-17-7-3-2-6-16(17)10-24)14-20(15)21-26-22-19(23(30)27-21)11-25-29(22)18-8-4-5-9-18/h2-3,6-7,11,15,18,20H,4-5,8-9,12-14H2,1H3,(H,26,27,30)/t15-,20-/m1/s1. The molecule has 1 saturated carbocycles. The topological polar surface area (TPSA) is 90.6 Å². The quantitative estimate of drug-likeness (QED) is 0.723. The summed E-state index contributed by atoms with van der Waals surface area (Å²) < 4.78 is 1.97. The lowest BCUT2D eigenvalue weighted by atomic mass is 9.97. The van der Waals surface area contributed by atoms with Crippen molar-refractivity contribution in [2.24, 2.45) is 5.92 Å². The number of H-pyrrole nitrogens is 1. The summed E-state index contributed by atoms with van der Waals surface area (Å²) in [6, 6.07) is 10.4. The molecule has 2 fully saturated rings. The fourth-order valence-electron chi connectivity index (χ4n) is 5.11. The predicted octanol–water partition coefficient (Wildman–Crippen LogP) is 3.34. The van der Waals surface area contributed by atoms with E-state index in [2.05, 4.69) is 28.0 Å². The molecule has 1 N–H and O–H groups in total. The largest absolute Gasteiger partial charge is 0.310 e. The molecule has 7 heteroatoms. The van der Waals surface area contributed by atoms with Crippen LogP contribution in [0.2, 0.25) is 0 Å². The summed E-state index contributed by atoms with van der Waals surface area (Å²) in [4.78, 5) is 23.0. The molecule has 0 radical (unpaired) electrons. The van der Waals surface area contributed by atoms with Gasteiger partial charge in [0.1, 0.15) is 11.2 Å². The molecule has 1 aliphatic heterocycles. The average molecular weight is 403 g/mol. The van der Waals surface area contributed by atoms with Crippen molar-refractivity contribution in [1.29, 1.82) is 5.26 Å². The summed E-state index contributed by atoms with van der Waals surface area (Å²) in [6.07, 6.45) is 6.28. The zero-order valence-corrected chi connectivity index (χ0v) is 17.2. The SMILES string of the molecule is C[C@@H]1CN(Cc2ccccc2C#N)C[C@H]1c1nc2c(cnn2C2CCCC2)c(=O)[nH]1. The lowest BCUT2D eigenvalue weighted by molar-refractivity contribution is 0.318. The molecule has 3 heterocycles. The molecule has 5 rings (SSSR count). The van der Waals surface area contributed by atoms with Crippen molar-refractivity contribution < 1.29 is 0 Å². The van der Waals surface area contributed by atoms with Crippen molar-refractivity contribution in [3.63, 3.8) is 0 Å². The van der Waals surface area contributed by atoms with Crippen LogP contribution in [0.3, 0.4) is 0 Å². The van der Waals surface area contributed by atoms with Gasteiger partial charge in [-0.25, -0.2) is 9.67 Å². The van der Waals surface area contributed by atoms with E-state index < -0.39 is 0 Å². The molecular formula is C23H26N6O. The molecule has 3 aromatic rings. The van der Waals surface area contributed by atoms with Crippen LogP contribution in [-0.2, 0) is 6.54 Å². The van der Waals surface area contributed by atoms with Gasteiger partial charge in [0.05, 0.1) is 23.9 Å². The van der Waals surface area contributed by atoms with Crippen molar-refractivity contribution in [3.05, 3.63) is 57.8 Å². The molecule has 1 aliphatic carbocycles. The summed E-state index contributed by atoms with van der Waals surface area (Å²) in [6.45, 7) is 4.66. The number of nitrogens with zero attached hydrogens (tertiary/aromatic N) is 5. The molecule has 2 aromatic heterocycles. The van der Waals surface area contributed by atoms with Crippen LogP contribution in [-0.4, -0.2) is 37.7 Å². The zero-order chi connectivity index (χ0) is 20.7. The number of aromatic amines is 1. The first-order valence-corrected chi connectivity index (χ1v) is 10.8. The molecule has 0 unspecified atom stereocenters. The van der Waals surface area contributed by atoms with Crippen LogP contribution >= 0.6 is 0 Å². The monoisotopic (exact) mass is 402 g/mol. The Morgan fingerprint density at radius 3 is 2.83 bits per heavy atom. The lowest BCUT2D eigenvalue weighted by Gasteiger charge is -2.17. The number of benzene rings is 1. The maximum Gasteiger partial charge on any atom is 0.262 e. The highest BCUT2D eigenvalue weighted by Gasteiger charge is 2.33. The van der Waals surface area contributed by atoms with Gasteiger partial charge in [-0.05, 0) is 30.4 Å². The molecule has 7 nitrogen and oxygen atoms in total. The third-order valence-electron chi connectivity index (χ3n) is 6.72. The van der Waals surface area contributed by atoms with E-state index in [4.69, 9.17) is 4.98 Å². The van der Waals surface area contributed by atoms with E-state index in [-0.39, 0.29) is 11.5 Å². The van der Waals surface area contributed by atoms with Gasteiger partial charge < -0.3 is 4.98 Å². The van der Waals surface area contributed by atoms with E-state index in [0.29, 0.717) is 17.3 Å². The van der Waals surface area contributed by atoms with Crippen LogP contribution in [0.4, 0.5) is 0 Å². The van der Waals surface area contributed by atoms with Gasteiger partial charge in [0.25, 0.3) is 5.56 Å². The molecule has 2 aliphatic rings. The Balaban J connectivity index is 1.43. The molecule has 154 valence electrons. The zero-order valence-electron chi connectivity index (χ0n) is 17.2. The van der Waals surface area contributed by atoms with Gasteiger partial charge in [-0.2, -0.15) is 10.4 Å². The van der Waals surface area contributed by atoms with E-state index in [1.807, 2.05) is 28.9 Å². The molecule has 30 heavy (non-hydrogen) atoms. The van der Waals surface area contributed by atoms with E-state index >= 15 is 0 Å². The summed E-state index contributed by atoms with van der Waals surface area (Å²) in [5, 5.41) is 14.5. The van der Waals surface area contributed by atoms with Gasteiger partial charge in [-0.1, -0.05) is 38.0 Å². The van der Waals surface area contributed by atoms with E-state index in [1.165, 1.54) is 12.8 Å². The second kappa shape index (κ2) is 7.69. The first kappa shape index (κ1) is 19.0. The Hall–Kier alpha value is -2.98. The Labute approximate surface area is 175 Å². The Morgan fingerprint density at radius 2 is 2.03 bits per heavy atom. The van der Waals surface area contributed by atoms with Crippen molar-refractivity contribution in [2.75, 3.05) is 13.1 Å². The van der Waals surface area contributed by atoms with Crippen LogP contribution in [0.25, 0.3) is 11.0 Å². The van der Waals surface area contributed by atoms with Gasteiger partial charge in [-0.15, -0.1) is 0 Å². The minimum atomic E-state index is -0.0975. The molecular weight excluding hydrogens is 376 g/mol. The van der Waals surface area contributed by atoms with Crippen molar-refractivity contribution >= 4 is 11.0 Å². The maximum absolute atomic E-state index is 12.7. The number of rotatable bonds is 4. The van der Waals surface area contributed by atoms with Crippen LogP contribution in [0, 0.1) is 17.2 Å². The van der Waals surface area contributed by atoms with E-state index in [0.717, 1.165) is 55.1 Å². The third-order valence-corrected chi connectivity index (χ3v) is 6.72. The van der Waals surface area contributed by atoms with E-state index in [9.17, 15) is 10.1 Å². The maximum atomic E-state index is 12.7. The second-order valence-corrected chi connectivity index (χ2v) is 8.76. The molecule has 1 saturated heterocycles. The molecule has 0 spiro atoms. The van der Waals surface area contributed by atoms with Gasteiger partial charge in [0.2, 0.25) is 0 Å². The number of hydrogen-bond acceptors (Lipinski definition) is 5. The van der Waals surface area contributed by atoms with Gasteiger partial charge in [0.15, 0.2) is 5.65 Å². The van der Waals surface area contributed by atoms with Crippen molar-refractivity contribution in [3.8, 4) is 6.07 Å². The summed E-state index contributed by atoms with van der Waals surface area (Å²) in [5.41, 5.74) is 2.40. The molecule has 2 atom stereocenters. The Kier molecular flexibility index (Phi) is 4.87. The number of nitriles is 1. The molecule has 1 aromatic carbocycles. The predicted molar refractivity (Wildman–Crippen MR) is 114 cm³/mol. The molecule has 0 bridgehead atoms. The first-order valence-electron chi connectivity index (χ1n) is 10.8. The van der Waals surface area contributed by atoms with Gasteiger partial charge in [-0.3, -0.25) is 9.69 Å². The van der Waals surface area contributed by atoms with E-state index in [1.54, 1.807) is 6.20 Å². The number of fused-ring (bicyclic) bond motifs is 1. The van der Waals surface area contributed by atoms with Crippen molar-refractivity contribution in [2.45, 2.75) is 51.1 Å². The average Bonchev–Trinajstić information content (AvgIpc) is 3.48. The second-order valence-electron chi connectivity index (χ2n) is 8.76. The smallest absolute Gasteiger partial charge is 0.262 e.